The van der Waals surface area contributed by atoms with E-state index in [1.807, 2.05) is 18.2 Å². The summed E-state index contributed by atoms with van der Waals surface area (Å²) >= 11 is 5.36. The quantitative estimate of drug-likeness (QED) is 0.767. The van der Waals surface area contributed by atoms with Crippen molar-refractivity contribution in [2.45, 2.75) is 26.3 Å². The summed E-state index contributed by atoms with van der Waals surface area (Å²) in [5.74, 6) is 0.254. The van der Waals surface area contributed by atoms with E-state index in [4.69, 9.17) is 12.2 Å². The fourth-order valence-corrected chi connectivity index (χ4v) is 2.59. The van der Waals surface area contributed by atoms with Crippen molar-refractivity contribution < 1.29 is 4.39 Å². The molecule has 116 valence electrons. The first-order valence-electron chi connectivity index (χ1n) is 7.42. The van der Waals surface area contributed by atoms with Gasteiger partial charge in [0.15, 0.2) is 5.11 Å². The summed E-state index contributed by atoms with van der Waals surface area (Å²) < 4.78 is 13.2. The Balaban J connectivity index is 2.05. The molecule has 0 amide bonds. The molecule has 0 heterocycles. The van der Waals surface area contributed by atoms with Crippen molar-refractivity contribution in [3.05, 3.63) is 66.0 Å². The van der Waals surface area contributed by atoms with Gasteiger partial charge in [0.25, 0.3) is 0 Å². The molecule has 0 bridgehead atoms. The number of rotatable bonds is 5. The number of anilines is 1. The predicted octanol–water partition coefficient (Wildman–Crippen LogP) is 4.90. The molecule has 1 atom stereocenters. The monoisotopic (exact) mass is 316 g/mol. The second-order valence-corrected chi connectivity index (χ2v) is 6.11. The van der Waals surface area contributed by atoms with Crippen molar-refractivity contribution in [1.29, 1.82) is 0 Å². The Labute approximate surface area is 136 Å². The molecule has 4 heteroatoms. The van der Waals surface area contributed by atoms with Crippen LogP contribution in [0.3, 0.4) is 0 Å². The second kappa shape index (κ2) is 7.90. The Bertz CT molecular complexity index is 613. The van der Waals surface area contributed by atoms with Crippen LogP contribution in [0.1, 0.15) is 31.9 Å². The summed E-state index contributed by atoms with van der Waals surface area (Å²) in [6.45, 7) is 4.36. The van der Waals surface area contributed by atoms with Crippen LogP contribution in [-0.2, 0) is 0 Å². The van der Waals surface area contributed by atoms with Crippen LogP contribution in [-0.4, -0.2) is 5.11 Å². The first-order valence-corrected chi connectivity index (χ1v) is 7.83. The Kier molecular flexibility index (Phi) is 5.90. The zero-order valence-electron chi connectivity index (χ0n) is 12.8. The highest BCUT2D eigenvalue weighted by Crippen LogP contribution is 2.21. The zero-order valence-corrected chi connectivity index (χ0v) is 13.7. The molecule has 0 aliphatic rings. The van der Waals surface area contributed by atoms with Crippen LogP contribution in [0.25, 0.3) is 0 Å². The predicted molar refractivity (Wildman–Crippen MR) is 94.4 cm³/mol. The van der Waals surface area contributed by atoms with E-state index < -0.39 is 0 Å². The minimum atomic E-state index is -0.283. The Hall–Kier alpha value is -1.94. The van der Waals surface area contributed by atoms with Crippen molar-refractivity contribution in [3.63, 3.8) is 0 Å². The molecule has 0 aromatic heterocycles. The van der Waals surface area contributed by atoms with Crippen molar-refractivity contribution >= 4 is 23.0 Å². The van der Waals surface area contributed by atoms with Crippen LogP contribution < -0.4 is 10.6 Å². The SMILES string of the molecule is CC(C)C[C@H](NC(=S)Nc1cccc(F)c1)c1ccccc1. The fraction of sp³-hybridized carbons (Fsp3) is 0.278. The molecule has 2 aromatic carbocycles. The van der Waals surface area contributed by atoms with Crippen LogP contribution in [0.15, 0.2) is 54.6 Å². The molecule has 22 heavy (non-hydrogen) atoms. The van der Waals surface area contributed by atoms with E-state index in [1.54, 1.807) is 12.1 Å². The Morgan fingerprint density at radius 3 is 2.45 bits per heavy atom. The van der Waals surface area contributed by atoms with Gasteiger partial charge in [-0.3, -0.25) is 0 Å². The molecule has 0 unspecified atom stereocenters. The highest BCUT2D eigenvalue weighted by Gasteiger charge is 2.14. The maximum absolute atomic E-state index is 13.2. The summed E-state index contributed by atoms with van der Waals surface area (Å²) in [7, 11) is 0. The van der Waals surface area contributed by atoms with E-state index in [0.717, 1.165) is 6.42 Å². The maximum Gasteiger partial charge on any atom is 0.171 e. The number of thiocarbonyl (C=S) groups is 1. The second-order valence-electron chi connectivity index (χ2n) is 5.70. The lowest BCUT2D eigenvalue weighted by molar-refractivity contribution is 0.481. The molecule has 0 saturated heterocycles. The minimum absolute atomic E-state index is 0.134. The minimum Gasteiger partial charge on any atom is -0.356 e. The van der Waals surface area contributed by atoms with Gasteiger partial charge in [-0.2, -0.15) is 0 Å². The summed E-state index contributed by atoms with van der Waals surface area (Å²) in [6, 6.07) is 16.6. The van der Waals surface area contributed by atoms with E-state index in [1.165, 1.54) is 17.7 Å². The van der Waals surface area contributed by atoms with Gasteiger partial charge in [0.05, 0.1) is 6.04 Å². The average Bonchev–Trinajstić information content (AvgIpc) is 2.47. The molecular formula is C18H21FN2S. The van der Waals surface area contributed by atoms with Gasteiger partial charge in [-0.25, -0.2) is 4.39 Å². The van der Waals surface area contributed by atoms with Gasteiger partial charge in [-0.05, 0) is 48.3 Å². The molecule has 2 rings (SSSR count). The van der Waals surface area contributed by atoms with Crippen LogP contribution in [0.2, 0.25) is 0 Å². The van der Waals surface area contributed by atoms with E-state index in [0.29, 0.717) is 16.7 Å². The number of hydrogen-bond donors (Lipinski definition) is 2. The van der Waals surface area contributed by atoms with E-state index >= 15 is 0 Å². The van der Waals surface area contributed by atoms with Gasteiger partial charge >= 0.3 is 0 Å². The van der Waals surface area contributed by atoms with E-state index in [9.17, 15) is 4.39 Å². The number of hydrogen-bond acceptors (Lipinski definition) is 1. The first kappa shape index (κ1) is 16.4. The van der Waals surface area contributed by atoms with Crippen molar-refractivity contribution in [2.75, 3.05) is 5.32 Å². The molecule has 2 aromatic rings. The molecule has 0 spiro atoms. The molecule has 0 aliphatic carbocycles. The van der Waals surface area contributed by atoms with E-state index in [2.05, 4.69) is 36.6 Å². The lowest BCUT2D eigenvalue weighted by Gasteiger charge is -2.23. The van der Waals surface area contributed by atoms with Gasteiger partial charge in [0, 0.05) is 5.69 Å². The summed E-state index contributed by atoms with van der Waals surface area (Å²) in [5, 5.41) is 6.87. The molecule has 2 nitrogen and oxygen atoms in total. The molecule has 0 saturated carbocycles. The maximum atomic E-state index is 13.2. The van der Waals surface area contributed by atoms with Gasteiger partial charge in [0.2, 0.25) is 0 Å². The van der Waals surface area contributed by atoms with Crippen LogP contribution >= 0.6 is 12.2 Å². The smallest absolute Gasteiger partial charge is 0.171 e. The third-order valence-corrected chi connectivity index (χ3v) is 3.52. The molecule has 2 N–H and O–H groups in total. The Morgan fingerprint density at radius 2 is 1.82 bits per heavy atom. The standard InChI is InChI=1S/C18H21FN2S/c1-13(2)11-17(14-7-4-3-5-8-14)21-18(22)20-16-10-6-9-15(19)12-16/h3-10,12-13,17H,11H2,1-2H3,(H2,20,21,22)/t17-/m0/s1. The first-order chi connectivity index (χ1) is 10.5. The third kappa shape index (κ3) is 5.11. The number of nitrogens with one attached hydrogen (secondary N) is 2. The number of halogens is 1. The summed E-state index contributed by atoms with van der Waals surface area (Å²) in [5.41, 5.74) is 1.84. The topological polar surface area (TPSA) is 24.1 Å². The summed E-state index contributed by atoms with van der Waals surface area (Å²) in [6.07, 6.45) is 0.967. The van der Waals surface area contributed by atoms with E-state index in [-0.39, 0.29) is 11.9 Å². The lowest BCUT2D eigenvalue weighted by atomic mass is 9.97. The van der Waals surface area contributed by atoms with Gasteiger partial charge in [-0.1, -0.05) is 50.2 Å². The van der Waals surface area contributed by atoms with Crippen LogP contribution in [0.5, 0.6) is 0 Å². The Morgan fingerprint density at radius 1 is 1.09 bits per heavy atom. The third-order valence-electron chi connectivity index (χ3n) is 3.30. The zero-order chi connectivity index (χ0) is 15.9. The largest absolute Gasteiger partial charge is 0.356 e. The molecule has 0 radical (unpaired) electrons. The van der Waals surface area contributed by atoms with Crippen LogP contribution in [0, 0.1) is 11.7 Å². The van der Waals surface area contributed by atoms with Gasteiger partial charge < -0.3 is 10.6 Å². The molecular weight excluding hydrogens is 295 g/mol. The number of benzene rings is 2. The fourth-order valence-electron chi connectivity index (χ4n) is 2.33. The van der Waals surface area contributed by atoms with Gasteiger partial charge in [0.1, 0.15) is 5.82 Å². The van der Waals surface area contributed by atoms with Crippen molar-refractivity contribution in [2.24, 2.45) is 5.92 Å². The molecule has 0 aliphatic heterocycles. The normalized spacial score (nSPS) is 12.0. The van der Waals surface area contributed by atoms with Crippen LogP contribution in [0.4, 0.5) is 10.1 Å². The average molecular weight is 316 g/mol. The highest BCUT2D eigenvalue weighted by molar-refractivity contribution is 7.80. The van der Waals surface area contributed by atoms with Crippen molar-refractivity contribution in [1.82, 2.24) is 5.32 Å². The van der Waals surface area contributed by atoms with Crippen molar-refractivity contribution in [3.8, 4) is 0 Å². The lowest BCUT2D eigenvalue weighted by Crippen LogP contribution is -2.33. The summed E-state index contributed by atoms with van der Waals surface area (Å²) in [4.78, 5) is 0. The molecule has 0 fully saturated rings. The highest BCUT2D eigenvalue weighted by atomic mass is 32.1. The van der Waals surface area contributed by atoms with Gasteiger partial charge in [-0.15, -0.1) is 0 Å².